The zero-order valence-electron chi connectivity index (χ0n) is 13.1. The van der Waals surface area contributed by atoms with Gasteiger partial charge in [-0.05, 0) is 37.6 Å². The van der Waals surface area contributed by atoms with Crippen LogP contribution in [0.25, 0.3) is 0 Å². The molecule has 1 N–H and O–H groups in total. The van der Waals surface area contributed by atoms with Gasteiger partial charge in [0.1, 0.15) is 0 Å². The van der Waals surface area contributed by atoms with Gasteiger partial charge in [0.15, 0.2) is 0 Å². The monoisotopic (exact) mass is 312 g/mol. The smallest absolute Gasteiger partial charge is 0.0723 e. The van der Waals surface area contributed by atoms with Gasteiger partial charge in [-0.1, -0.05) is 11.6 Å². The van der Waals surface area contributed by atoms with Gasteiger partial charge in [-0.2, -0.15) is 0 Å². The first-order valence-electron chi connectivity index (χ1n) is 7.48. The highest BCUT2D eigenvalue weighted by Crippen LogP contribution is 2.28. The predicted octanol–water partition coefficient (Wildman–Crippen LogP) is 2.69. The maximum Gasteiger partial charge on any atom is 0.0723 e. The van der Waals surface area contributed by atoms with Gasteiger partial charge in [0, 0.05) is 43.5 Å². The van der Waals surface area contributed by atoms with Crippen molar-refractivity contribution in [2.75, 3.05) is 38.3 Å². The molecule has 1 aromatic rings. The Morgan fingerprint density at radius 2 is 2.24 bits per heavy atom. The summed E-state index contributed by atoms with van der Waals surface area (Å²) in [4.78, 5) is 2.41. The van der Waals surface area contributed by atoms with Crippen molar-refractivity contribution >= 4 is 17.3 Å². The van der Waals surface area contributed by atoms with E-state index in [9.17, 15) is 0 Å². The van der Waals surface area contributed by atoms with E-state index in [1.807, 2.05) is 12.1 Å². The molecule has 2 rings (SSSR count). The van der Waals surface area contributed by atoms with Gasteiger partial charge in [-0.15, -0.1) is 0 Å². The first kappa shape index (κ1) is 16.6. The molecule has 1 heterocycles. The highest BCUT2D eigenvalue weighted by molar-refractivity contribution is 6.30. The molecule has 1 aliphatic rings. The maximum atomic E-state index is 6.17. The largest absolute Gasteiger partial charge is 0.383 e. The molecule has 5 heteroatoms. The number of halogens is 1. The third kappa shape index (κ3) is 4.58. The number of anilines is 1. The minimum absolute atomic E-state index is 0.256. The number of rotatable bonds is 6. The summed E-state index contributed by atoms with van der Waals surface area (Å²) in [6.45, 7) is 8.32. The summed E-state index contributed by atoms with van der Waals surface area (Å²) in [5.41, 5.74) is 2.46. The van der Waals surface area contributed by atoms with Gasteiger partial charge in [0.05, 0.1) is 19.3 Å². The Labute approximate surface area is 132 Å². The van der Waals surface area contributed by atoms with Crippen LogP contribution in [0.2, 0.25) is 5.02 Å². The Hall–Kier alpha value is -0.810. The Kier molecular flexibility index (Phi) is 6.30. The molecule has 1 aliphatic heterocycles. The zero-order chi connectivity index (χ0) is 15.2. The molecule has 2 unspecified atom stereocenters. The number of ether oxygens (including phenoxy) is 2. The molecule has 0 amide bonds. The summed E-state index contributed by atoms with van der Waals surface area (Å²) in [6, 6.07) is 6.50. The molecule has 21 heavy (non-hydrogen) atoms. The lowest BCUT2D eigenvalue weighted by atomic mass is 10.1. The molecule has 1 fully saturated rings. The van der Waals surface area contributed by atoms with E-state index < -0.39 is 0 Å². The number of methoxy groups -OCH3 is 1. The SMILES string of the molecule is COCCNCc1cc(Cl)ccc1N1CC(C)OCC1C. The van der Waals surface area contributed by atoms with Gasteiger partial charge < -0.3 is 19.7 Å². The van der Waals surface area contributed by atoms with Crippen LogP contribution in [0.15, 0.2) is 18.2 Å². The average molecular weight is 313 g/mol. The molecule has 1 saturated heterocycles. The molecular formula is C16H25ClN2O2. The van der Waals surface area contributed by atoms with E-state index in [4.69, 9.17) is 21.1 Å². The molecule has 0 saturated carbocycles. The van der Waals surface area contributed by atoms with Crippen molar-refractivity contribution in [3.05, 3.63) is 28.8 Å². The van der Waals surface area contributed by atoms with Crippen molar-refractivity contribution < 1.29 is 9.47 Å². The molecule has 0 aliphatic carbocycles. The molecule has 4 nitrogen and oxygen atoms in total. The van der Waals surface area contributed by atoms with Crippen molar-refractivity contribution in [1.29, 1.82) is 0 Å². The topological polar surface area (TPSA) is 33.7 Å². The fourth-order valence-electron chi connectivity index (χ4n) is 2.61. The third-order valence-electron chi connectivity index (χ3n) is 3.76. The first-order valence-corrected chi connectivity index (χ1v) is 7.86. The fourth-order valence-corrected chi connectivity index (χ4v) is 2.81. The van der Waals surface area contributed by atoms with E-state index in [0.29, 0.717) is 12.6 Å². The summed E-state index contributed by atoms with van der Waals surface area (Å²) in [5, 5.41) is 4.17. The molecular weight excluding hydrogens is 288 g/mol. The number of hydrogen-bond acceptors (Lipinski definition) is 4. The fraction of sp³-hybridized carbons (Fsp3) is 0.625. The van der Waals surface area contributed by atoms with Crippen LogP contribution in [0.1, 0.15) is 19.4 Å². The second kappa shape index (κ2) is 7.99. The van der Waals surface area contributed by atoms with Gasteiger partial charge in [-0.3, -0.25) is 0 Å². The van der Waals surface area contributed by atoms with Gasteiger partial charge in [0.25, 0.3) is 0 Å². The Bertz CT molecular complexity index is 456. The van der Waals surface area contributed by atoms with E-state index in [0.717, 1.165) is 31.3 Å². The Morgan fingerprint density at radius 3 is 3.00 bits per heavy atom. The van der Waals surface area contributed by atoms with Gasteiger partial charge in [-0.25, -0.2) is 0 Å². The summed E-state index contributed by atoms with van der Waals surface area (Å²) in [6.07, 6.45) is 0.256. The molecule has 1 aromatic carbocycles. The lowest BCUT2D eigenvalue weighted by Gasteiger charge is -2.39. The standard InChI is InChI=1S/C16H25ClN2O2/c1-12-11-21-13(2)10-19(12)16-5-4-15(17)8-14(16)9-18-6-7-20-3/h4-5,8,12-13,18H,6-7,9-11H2,1-3H3. The van der Waals surface area contributed by atoms with Crippen LogP contribution in [0, 0.1) is 0 Å². The van der Waals surface area contributed by atoms with E-state index in [-0.39, 0.29) is 6.10 Å². The first-order chi connectivity index (χ1) is 10.1. The second-order valence-corrected chi connectivity index (χ2v) is 6.02. The molecule has 0 bridgehead atoms. The second-order valence-electron chi connectivity index (χ2n) is 5.59. The normalized spacial score (nSPS) is 22.6. The molecule has 0 spiro atoms. The summed E-state index contributed by atoms with van der Waals surface area (Å²) in [5.74, 6) is 0. The lowest BCUT2D eigenvalue weighted by molar-refractivity contribution is 0.0343. The summed E-state index contributed by atoms with van der Waals surface area (Å²) < 4.78 is 10.8. The number of nitrogens with one attached hydrogen (secondary N) is 1. The van der Waals surface area contributed by atoms with Crippen LogP contribution < -0.4 is 10.2 Å². The van der Waals surface area contributed by atoms with E-state index in [2.05, 4.69) is 30.1 Å². The predicted molar refractivity (Wildman–Crippen MR) is 87.3 cm³/mol. The highest BCUT2D eigenvalue weighted by atomic mass is 35.5. The van der Waals surface area contributed by atoms with Crippen LogP contribution in [0.3, 0.4) is 0 Å². The quantitative estimate of drug-likeness (QED) is 0.819. The molecule has 0 aromatic heterocycles. The Balaban J connectivity index is 2.13. The van der Waals surface area contributed by atoms with E-state index in [1.165, 1.54) is 11.3 Å². The van der Waals surface area contributed by atoms with Crippen LogP contribution >= 0.6 is 11.6 Å². The minimum Gasteiger partial charge on any atom is -0.383 e. The van der Waals surface area contributed by atoms with Crippen molar-refractivity contribution in [3.63, 3.8) is 0 Å². The van der Waals surface area contributed by atoms with Crippen molar-refractivity contribution in [2.24, 2.45) is 0 Å². The van der Waals surface area contributed by atoms with Crippen LogP contribution in [-0.4, -0.2) is 45.6 Å². The zero-order valence-corrected chi connectivity index (χ0v) is 13.8. The van der Waals surface area contributed by atoms with Crippen molar-refractivity contribution in [1.82, 2.24) is 5.32 Å². The van der Waals surface area contributed by atoms with E-state index >= 15 is 0 Å². The minimum atomic E-state index is 0.256. The number of nitrogens with zero attached hydrogens (tertiary/aromatic N) is 1. The molecule has 0 radical (unpaired) electrons. The average Bonchev–Trinajstić information content (AvgIpc) is 2.47. The van der Waals surface area contributed by atoms with Crippen LogP contribution in [0.4, 0.5) is 5.69 Å². The summed E-state index contributed by atoms with van der Waals surface area (Å²) >= 11 is 6.17. The number of hydrogen-bond donors (Lipinski definition) is 1. The van der Waals surface area contributed by atoms with Gasteiger partial charge in [0.2, 0.25) is 0 Å². The maximum absolute atomic E-state index is 6.17. The van der Waals surface area contributed by atoms with Crippen molar-refractivity contribution in [3.8, 4) is 0 Å². The molecule has 2 atom stereocenters. The lowest BCUT2D eigenvalue weighted by Crippen LogP contribution is -2.47. The van der Waals surface area contributed by atoms with E-state index in [1.54, 1.807) is 7.11 Å². The van der Waals surface area contributed by atoms with Crippen LogP contribution in [-0.2, 0) is 16.0 Å². The highest BCUT2D eigenvalue weighted by Gasteiger charge is 2.25. The third-order valence-corrected chi connectivity index (χ3v) is 3.99. The summed E-state index contributed by atoms with van der Waals surface area (Å²) in [7, 11) is 1.71. The van der Waals surface area contributed by atoms with Gasteiger partial charge >= 0.3 is 0 Å². The molecule has 118 valence electrons. The van der Waals surface area contributed by atoms with Crippen LogP contribution in [0.5, 0.6) is 0 Å². The number of morpholine rings is 1. The van der Waals surface area contributed by atoms with Crippen molar-refractivity contribution in [2.45, 2.75) is 32.5 Å². The Morgan fingerprint density at radius 1 is 1.43 bits per heavy atom. The number of benzene rings is 1.